The maximum Gasteiger partial charge on any atom is 0.232 e. The Kier molecular flexibility index (Phi) is 6.33. The Morgan fingerprint density at radius 3 is 2.58 bits per heavy atom. The molecule has 0 fully saturated rings. The van der Waals surface area contributed by atoms with Crippen LogP contribution in [0.3, 0.4) is 0 Å². The minimum Gasteiger partial charge on any atom is -0.493 e. The van der Waals surface area contributed by atoms with Crippen molar-refractivity contribution in [2.24, 2.45) is 0 Å². The van der Waals surface area contributed by atoms with Crippen LogP contribution in [0, 0.1) is 0 Å². The molecule has 1 aliphatic heterocycles. The van der Waals surface area contributed by atoms with Gasteiger partial charge < -0.3 is 14.4 Å². The van der Waals surface area contributed by atoms with E-state index in [1.165, 1.54) is 5.56 Å². The zero-order valence-corrected chi connectivity index (χ0v) is 16.5. The van der Waals surface area contributed by atoms with Crippen LogP contribution in [0.4, 0.5) is 0 Å². The predicted molar refractivity (Wildman–Crippen MR) is 106 cm³/mol. The maximum atomic E-state index is 12.6. The van der Waals surface area contributed by atoms with Crippen LogP contribution in [-0.2, 0) is 23.5 Å². The van der Waals surface area contributed by atoms with Gasteiger partial charge in [-0.15, -0.1) is 11.8 Å². The van der Waals surface area contributed by atoms with Gasteiger partial charge in [-0.25, -0.2) is 0 Å². The van der Waals surface area contributed by atoms with Gasteiger partial charge in [-0.3, -0.25) is 4.79 Å². The van der Waals surface area contributed by atoms with E-state index in [1.54, 1.807) is 26.0 Å². The second kappa shape index (κ2) is 8.69. The molecule has 2 aromatic carbocycles. The number of hydrogen-bond acceptors (Lipinski definition) is 4. The van der Waals surface area contributed by atoms with Crippen molar-refractivity contribution in [2.45, 2.75) is 18.7 Å². The molecule has 1 heterocycles. The molecular weight excluding hydrogens is 370 g/mol. The number of nitrogens with zero attached hydrogens (tertiary/aromatic N) is 1. The van der Waals surface area contributed by atoms with Gasteiger partial charge in [0.25, 0.3) is 0 Å². The molecule has 0 atom stereocenters. The number of fused-ring (bicyclic) bond motifs is 1. The summed E-state index contributed by atoms with van der Waals surface area (Å²) < 4.78 is 10.7. The van der Waals surface area contributed by atoms with E-state index >= 15 is 0 Å². The number of ether oxygens (including phenoxy) is 2. The fraction of sp³-hybridized carbons (Fsp3) is 0.350. The van der Waals surface area contributed by atoms with Crippen LogP contribution in [0.1, 0.15) is 16.7 Å². The van der Waals surface area contributed by atoms with E-state index in [4.69, 9.17) is 21.1 Å². The minimum atomic E-state index is 0.164. The van der Waals surface area contributed by atoms with Crippen molar-refractivity contribution < 1.29 is 14.3 Å². The summed E-state index contributed by atoms with van der Waals surface area (Å²) in [7, 11) is 3.27. The van der Waals surface area contributed by atoms with Crippen molar-refractivity contribution in [2.75, 3.05) is 26.5 Å². The number of rotatable bonds is 6. The van der Waals surface area contributed by atoms with Gasteiger partial charge in [0.05, 0.1) is 20.0 Å². The van der Waals surface area contributed by atoms with E-state index in [-0.39, 0.29) is 5.91 Å². The van der Waals surface area contributed by atoms with E-state index in [9.17, 15) is 4.79 Å². The molecule has 1 aliphatic rings. The van der Waals surface area contributed by atoms with E-state index in [0.29, 0.717) is 18.0 Å². The van der Waals surface area contributed by atoms with Crippen LogP contribution in [0.25, 0.3) is 0 Å². The Morgan fingerprint density at radius 2 is 1.88 bits per heavy atom. The summed E-state index contributed by atoms with van der Waals surface area (Å²) in [6.45, 7) is 1.35. The highest BCUT2D eigenvalue weighted by molar-refractivity contribution is 7.99. The maximum absolute atomic E-state index is 12.6. The number of amides is 1. The average molecular weight is 392 g/mol. The topological polar surface area (TPSA) is 38.8 Å². The Labute approximate surface area is 163 Å². The van der Waals surface area contributed by atoms with Crippen molar-refractivity contribution >= 4 is 29.3 Å². The Balaban J connectivity index is 1.58. The van der Waals surface area contributed by atoms with E-state index in [2.05, 4.69) is 0 Å². The molecule has 6 heteroatoms. The molecule has 0 radical (unpaired) electrons. The van der Waals surface area contributed by atoms with Crippen LogP contribution in [0.2, 0.25) is 5.02 Å². The number of hydrogen-bond donors (Lipinski definition) is 0. The molecule has 138 valence electrons. The van der Waals surface area contributed by atoms with Crippen molar-refractivity contribution in [1.82, 2.24) is 4.90 Å². The van der Waals surface area contributed by atoms with Gasteiger partial charge >= 0.3 is 0 Å². The lowest BCUT2D eigenvalue weighted by Gasteiger charge is -2.29. The second-order valence-electron chi connectivity index (χ2n) is 6.16. The molecule has 0 unspecified atom stereocenters. The first-order chi connectivity index (χ1) is 12.6. The lowest BCUT2D eigenvalue weighted by Crippen LogP contribution is -2.37. The van der Waals surface area contributed by atoms with Gasteiger partial charge in [0.2, 0.25) is 5.91 Å². The van der Waals surface area contributed by atoms with Gasteiger partial charge in [0.15, 0.2) is 11.5 Å². The number of carbonyl (C=O) groups is 1. The van der Waals surface area contributed by atoms with Gasteiger partial charge in [-0.2, -0.15) is 0 Å². The summed E-state index contributed by atoms with van der Waals surface area (Å²) in [5, 5.41) is 0.728. The monoisotopic (exact) mass is 391 g/mol. The first-order valence-corrected chi connectivity index (χ1v) is 9.97. The summed E-state index contributed by atoms with van der Waals surface area (Å²) in [5.74, 6) is 2.85. The number of carbonyl (C=O) groups excluding carboxylic acids is 1. The fourth-order valence-electron chi connectivity index (χ4n) is 3.07. The Morgan fingerprint density at radius 1 is 1.15 bits per heavy atom. The third-order valence-electron chi connectivity index (χ3n) is 4.45. The molecule has 0 spiro atoms. The number of halogens is 1. The van der Waals surface area contributed by atoms with Crippen LogP contribution in [0.5, 0.6) is 11.5 Å². The van der Waals surface area contributed by atoms with Gasteiger partial charge in [-0.05, 0) is 47.4 Å². The average Bonchev–Trinajstić information content (AvgIpc) is 2.66. The van der Waals surface area contributed by atoms with Crippen LogP contribution < -0.4 is 9.47 Å². The fourth-order valence-corrected chi connectivity index (χ4v) is 4.16. The summed E-state index contributed by atoms with van der Waals surface area (Å²) in [6, 6.07) is 11.8. The molecule has 0 bridgehead atoms. The van der Waals surface area contributed by atoms with E-state index in [1.807, 2.05) is 41.3 Å². The summed E-state index contributed by atoms with van der Waals surface area (Å²) >= 11 is 7.62. The molecule has 0 saturated heterocycles. The molecule has 3 rings (SSSR count). The molecule has 4 nitrogen and oxygen atoms in total. The van der Waals surface area contributed by atoms with Crippen LogP contribution >= 0.6 is 23.4 Å². The molecule has 0 saturated carbocycles. The van der Waals surface area contributed by atoms with Crippen LogP contribution in [0.15, 0.2) is 36.4 Å². The van der Waals surface area contributed by atoms with Gasteiger partial charge in [0.1, 0.15) is 0 Å². The molecule has 2 aromatic rings. The molecule has 0 N–H and O–H groups in total. The van der Waals surface area contributed by atoms with Crippen LogP contribution in [-0.4, -0.2) is 37.3 Å². The molecule has 0 aromatic heterocycles. The normalized spacial score (nSPS) is 13.3. The third-order valence-corrected chi connectivity index (χ3v) is 5.68. The number of thioether (sulfide) groups is 1. The first-order valence-electron chi connectivity index (χ1n) is 8.44. The van der Waals surface area contributed by atoms with Gasteiger partial charge in [0, 0.05) is 23.9 Å². The summed E-state index contributed by atoms with van der Waals surface area (Å²) in [4.78, 5) is 14.5. The highest BCUT2D eigenvalue weighted by atomic mass is 35.5. The quantitative estimate of drug-likeness (QED) is 0.740. The molecule has 1 amide bonds. The predicted octanol–water partition coefficient (Wildman–Crippen LogP) is 4.18. The SMILES string of the molecule is COc1cc2c(cc1OC)CN(C(=O)CSCc1cccc(Cl)c1)CC2. The van der Waals surface area contributed by atoms with E-state index in [0.717, 1.165) is 40.6 Å². The largest absolute Gasteiger partial charge is 0.493 e. The standard InChI is InChI=1S/C20H22ClNO3S/c1-24-18-9-15-6-7-22(11-16(15)10-19(18)25-2)20(23)13-26-12-14-4-3-5-17(21)8-14/h3-5,8-10H,6-7,11-13H2,1-2H3. The number of benzene rings is 2. The molecule has 26 heavy (non-hydrogen) atoms. The Hall–Kier alpha value is -1.85. The second-order valence-corrected chi connectivity index (χ2v) is 7.59. The highest BCUT2D eigenvalue weighted by Crippen LogP contribution is 2.33. The summed E-state index contributed by atoms with van der Waals surface area (Å²) in [5.41, 5.74) is 3.48. The lowest BCUT2D eigenvalue weighted by atomic mass is 9.99. The Bertz CT molecular complexity index is 797. The number of methoxy groups -OCH3 is 2. The highest BCUT2D eigenvalue weighted by Gasteiger charge is 2.22. The summed E-state index contributed by atoms with van der Waals surface area (Å²) in [6.07, 6.45) is 0.834. The zero-order chi connectivity index (χ0) is 18.5. The smallest absolute Gasteiger partial charge is 0.232 e. The zero-order valence-electron chi connectivity index (χ0n) is 15.0. The van der Waals surface area contributed by atoms with Crippen molar-refractivity contribution in [3.63, 3.8) is 0 Å². The van der Waals surface area contributed by atoms with Crippen molar-refractivity contribution in [3.8, 4) is 11.5 Å². The molecular formula is C20H22ClNO3S. The third kappa shape index (κ3) is 4.46. The molecule has 0 aliphatic carbocycles. The van der Waals surface area contributed by atoms with Crippen molar-refractivity contribution in [1.29, 1.82) is 0 Å². The lowest BCUT2D eigenvalue weighted by molar-refractivity contribution is -0.129. The van der Waals surface area contributed by atoms with Crippen molar-refractivity contribution in [3.05, 3.63) is 58.1 Å². The van der Waals surface area contributed by atoms with Gasteiger partial charge in [-0.1, -0.05) is 23.7 Å². The first kappa shape index (κ1) is 18.9. The minimum absolute atomic E-state index is 0.164. The van der Waals surface area contributed by atoms with E-state index < -0.39 is 0 Å².